The predicted octanol–water partition coefficient (Wildman–Crippen LogP) is 1.79. The minimum atomic E-state index is 0.459. The molecule has 1 rings (SSSR count). The van der Waals surface area contributed by atoms with Gasteiger partial charge in [0.25, 0.3) is 0 Å². The fraction of sp³-hybridized carbons (Fsp3) is 0.417. The molecule has 3 nitrogen and oxygen atoms in total. The molecular formula is C12H16N2O. The Morgan fingerprint density at radius 1 is 1.53 bits per heavy atom. The molecule has 0 aromatic heterocycles. The van der Waals surface area contributed by atoms with E-state index in [1.54, 1.807) is 12.1 Å². The van der Waals surface area contributed by atoms with E-state index in [0.29, 0.717) is 18.1 Å². The van der Waals surface area contributed by atoms with Crippen molar-refractivity contribution in [3.8, 4) is 11.8 Å². The van der Waals surface area contributed by atoms with Crippen molar-refractivity contribution < 1.29 is 4.74 Å². The van der Waals surface area contributed by atoms with Gasteiger partial charge in [-0.25, -0.2) is 0 Å². The average molecular weight is 204 g/mol. The van der Waals surface area contributed by atoms with Gasteiger partial charge in [-0.2, -0.15) is 5.26 Å². The Morgan fingerprint density at radius 3 is 3.00 bits per heavy atom. The van der Waals surface area contributed by atoms with E-state index >= 15 is 0 Å². The summed E-state index contributed by atoms with van der Waals surface area (Å²) in [6.45, 7) is 3.71. The van der Waals surface area contributed by atoms with Crippen LogP contribution in [0.4, 0.5) is 0 Å². The lowest BCUT2D eigenvalue weighted by molar-refractivity contribution is 0.258. The van der Waals surface area contributed by atoms with Gasteiger partial charge in [0.05, 0.1) is 18.2 Å². The molecule has 0 aliphatic rings. The largest absolute Gasteiger partial charge is 0.493 e. The van der Waals surface area contributed by atoms with Crippen LogP contribution in [-0.2, 0) is 0 Å². The minimum absolute atomic E-state index is 0.459. The molecule has 15 heavy (non-hydrogen) atoms. The molecule has 0 radical (unpaired) electrons. The first-order chi connectivity index (χ1) is 7.26. The minimum Gasteiger partial charge on any atom is -0.493 e. The van der Waals surface area contributed by atoms with Gasteiger partial charge in [-0.05, 0) is 25.2 Å². The number of nitrogens with zero attached hydrogens (tertiary/aromatic N) is 1. The quantitative estimate of drug-likeness (QED) is 0.795. The fourth-order valence-corrected chi connectivity index (χ4v) is 1.30. The molecule has 80 valence electrons. The molecule has 1 aromatic rings. The summed E-state index contributed by atoms with van der Waals surface area (Å²) >= 11 is 0. The molecular weight excluding hydrogens is 188 g/mol. The van der Waals surface area contributed by atoms with Crippen LogP contribution >= 0.6 is 0 Å². The third-order valence-electron chi connectivity index (χ3n) is 2.05. The Kier molecular flexibility index (Phi) is 4.65. The van der Waals surface area contributed by atoms with Crippen LogP contribution in [0.2, 0.25) is 0 Å². The van der Waals surface area contributed by atoms with Gasteiger partial charge in [0, 0.05) is 12.5 Å². The molecule has 0 bridgehead atoms. The maximum Gasteiger partial charge on any atom is 0.120 e. The van der Waals surface area contributed by atoms with Crippen molar-refractivity contribution in [1.29, 1.82) is 5.26 Å². The first-order valence-corrected chi connectivity index (χ1v) is 5.04. The highest BCUT2D eigenvalue weighted by Crippen LogP contribution is 2.13. The highest BCUT2D eigenvalue weighted by Gasteiger charge is 2.02. The van der Waals surface area contributed by atoms with E-state index in [9.17, 15) is 0 Å². The maximum absolute atomic E-state index is 8.71. The van der Waals surface area contributed by atoms with Gasteiger partial charge in [0.1, 0.15) is 5.75 Å². The van der Waals surface area contributed by atoms with E-state index in [2.05, 4.69) is 18.3 Å². The van der Waals surface area contributed by atoms with E-state index < -0.39 is 0 Å². The second-order valence-corrected chi connectivity index (χ2v) is 3.61. The van der Waals surface area contributed by atoms with E-state index in [-0.39, 0.29) is 0 Å². The van der Waals surface area contributed by atoms with Crippen LogP contribution < -0.4 is 10.1 Å². The van der Waals surface area contributed by atoms with E-state index in [1.807, 2.05) is 19.2 Å². The highest BCUT2D eigenvalue weighted by atomic mass is 16.5. The van der Waals surface area contributed by atoms with Crippen LogP contribution in [0.1, 0.15) is 12.5 Å². The Labute approximate surface area is 90.7 Å². The smallest absolute Gasteiger partial charge is 0.120 e. The molecule has 3 heteroatoms. The van der Waals surface area contributed by atoms with E-state index in [4.69, 9.17) is 10.00 Å². The summed E-state index contributed by atoms with van der Waals surface area (Å²) in [5, 5.41) is 11.8. The van der Waals surface area contributed by atoms with Gasteiger partial charge in [-0.3, -0.25) is 0 Å². The van der Waals surface area contributed by atoms with Gasteiger partial charge in [-0.1, -0.05) is 13.0 Å². The third kappa shape index (κ3) is 4.01. The molecule has 0 fully saturated rings. The fourth-order valence-electron chi connectivity index (χ4n) is 1.30. The lowest BCUT2D eigenvalue weighted by atomic mass is 10.2. The first-order valence-electron chi connectivity index (χ1n) is 5.04. The first kappa shape index (κ1) is 11.5. The molecule has 1 unspecified atom stereocenters. The van der Waals surface area contributed by atoms with Gasteiger partial charge in [-0.15, -0.1) is 0 Å². The molecule has 0 amide bonds. The van der Waals surface area contributed by atoms with Gasteiger partial charge < -0.3 is 10.1 Å². The molecule has 0 saturated carbocycles. The topological polar surface area (TPSA) is 45.0 Å². The van der Waals surface area contributed by atoms with Crippen molar-refractivity contribution in [2.45, 2.75) is 6.92 Å². The Bertz CT molecular complexity index is 344. The molecule has 0 heterocycles. The van der Waals surface area contributed by atoms with E-state index in [0.717, 1.165) is 12.3 Å². The van der Waals surface area contributed by atoms with Crippen molar-refractivity contribution in [3.63, 3.8) is 0 Å². The number of nitriles is 1. The summed E-state index contributed by atoms with van der Waals surface area (Å²) in [7, 11) is 1.92. The SMILES string of the molecule is CNCC(C)COc1cccc(C#N)c1. The summed E-state index contributed by atoms with van der Waals surface area (Å²) in [6.07, 6.45) is 0. The third-order valence-corrected chi connectivity index (χ3v) is 2.05. The Hall–Kier alpha value is -1.53. The molecule has 1 N–H and O–H groups in total. The number of nitrogens with one attached hydrogen (secondary N) is 1. The van der Waals surface area contributed by atoms with Crippen LogP contribution in [-0.4, -0.2) is 20.2 Å². The lowest BCUT2D eigenvalue weighted by Gasteiger charge is -2.12. The van der Waals surface area contributed by atoms with Crippen molar-refractivity contribution in [1.82, 2.24) is 5.32 Å². The summed E-state index contributed by atoms with van der Waals surface area (Å²) in [6, 6.07) is 9.31. The zero-order valence-corrected chi connectivity index (χ0v) is 9.16. The number of hydrogen-bond acceptors (Lipinski definition) is 3. The van der Waals surface area contributed by atoms with Crippen LogP contribution in [0.25, 0.3) is 0 Å². The normalized spacial score (nSPS) is 11.8. The van der Waals surface area contributed by atoms with Crippen molar-refractivity contribution in [3.05, 3.63) is 29.8 Å². The average Bonchev–Trinajstić information content (AvgIpc) is 2.27. The summed E-state index contributed by atoms with van der Waals surface area (Å²) in [5.41, 5.74) is 0.633. The zero-order chi connectivity index (χ0) is 11.1. The van der Waals surface area contributed by atoms with Crippen LogP contribution in [0.5, 0.6) is 5.75 Å². The second kappa shape index (κ2) is 6.05. The van der Waals surface area contributed by atoms with Crippen molar-refractivity contribution in [2.75, 3.05) is 20.2 Å². The number of rotatable bonds is 5. The maximum atomic E-state index is 8.71. The molecule has 1 aromatic carbocycles. The van der Waals surface area contributed by atoms with Crippen molar-refractivity contribution in [2.24, 2.45) is 5.92 Å². The molecule has 0 spiro atoms. The van der Waals surface area contributed by atoms with Crippen LogP contribution in [0.3, 0.4) is 0 Å². The number of benzene rings is 1. The molecule has 0 aliphatic carbocycles. The zero-order valence-electron chi connectivity index (χ0n) is 9.16. The number of ether oxygens (including phenoxy) is 1. The van der Waals surface area contributed by atoms with Crippen LogP contribution in [0.15, 0.2) is 24.3 Å². The van der Waals surface area contributed by atoms with E-state index in [1.165, 1.54) is 0 Å². The standard InChI is InChI=1S/C12H16N2O/c1-10(8-14-2)9-15-12-5-3-4-11(6-12)7-13/h3-6,10,14H,8-9H2,1-2H3. The molecule has 1 atom stereocenters. The highest BCUT2D eigenvalue weighted by molar-refractivity contribution is 5.36. The lowest BCUT2D eigenvalue weighted by Crippen LogP contribution is -2.21. The van der Waals surface area contributed by atoms with Crippen LogP contribution in [0, 0.1) is 17.2 Å². The summed E-state index contributed by atoms with van der Waals surface area (Å²) in [5.74, 6) is 1.22. The Morgan fingerprint density at radius 2 is 2.33 bits per heavy atom. The predicted molar refractivity (Wildman–Crippen MR) is 59.7 cm³/mol. The second-order valence-electron chi connectivity index (χ2n) is 3.61. The van der Waals surface area contributed by atoms with Crippen molar-refractivity contribution >= 4 is 0 Å². The molecule has 0 saturated heterocycles. The van der Waals surface area contributed by atoms with Gasteiger partial charge in [0.15, 0.2) is 0 Å². The monoisotopic (exact) mass is 204 g/mol. The van der Waals surface area contributed by atoms with Gasteiger partial charge in [0.2, 0.25) is 0 Å². The number of hydrogen-bond donors (Lipinski definition) is 1. The Balaban J connectivity index is 2.47. The van der Waals surface area contributed by atoms with Gasteiger partial charge >= 0.3 is 0 Å². The summed E-state index contributed by atoms with van der Waals surface area (Å²) < 4.78 is 5.57. The molecule has 0 aliphatic heterocycles. The summed E-state index contributed by atoms with van der Waals surface area (Å²) in [4.78, 5) is 0.